The summed E-state index contributed by atoms with van der Waals surface area (Å²) >= 11 is 0. The molecule has 0 aliphatic rings. The zero-order chi connectivity index (χ0) is 9.98. The Labute approximate surface area is 90.5 Å². The van der Waals surface area contributed by atoms with Crippen LogP contribution in [0.3, 0.4) is 0 Å². The van der Waals surface area contributed by atoms with Gasteiger partial charge in [0.1, 0.15) is 0 Å². The summed E-state index contributed by atoms with van der Waals surface area (Å²) in [6, 6.07) is 0. The Hall–Kier alpha value is -0.463. The Morgan fingerprint density at radius 3 is 1.54 bits per heavy atom. The van der Waals surface area contributed by atoms with E-state index in [4.69, 9.17) is 5.11 Å². The second-order valence-corrected chi connectivity index (χ2v) is 2.27. The molecule has 0 unspecified atom stereocenters. The summed E-state index contributed by atoms with van der Waals surface area (Å²) < 4.78 is 0. The van der Waals surface area contributed by atoms with E-state index in [9.17, 15) is 14.7 Å². The second kappa shape index (κ2) is 14.1. The number of carboxylic acids is 2. The van der Waals surface area contributed by atoms with Gasteiger partial charge in [0.05, 0.1) is 0 Å². The van der Waals surface area contributed by atoms with Gasteiger partial charge >= 0.3 is 24.8 Å². The first-order chi connectivity index (χ1) is 5.54. The second-order valence-electron chi connectivity index (χ2n) is 2.27. The van der Waals surface area contributed by atoms with Crippen LogP contribution < -0.4 is 24.0 Å². The summed E-state index contributed by atoms with van der Waals surface area (Å²) in [5.74, 6) is -1.67. The number of rotatable bonds is 4. The van der Waals surface area contributed by atoms with Crippen LogP contribution in [0.1, 0.15) is 39.5 Å². The van der Waals surface area contributed by atoms with Gasteiger partial charge in [-0.1, -0.05) is 20.3 Å². The number of carbonyl (C=O) groups is 2. The van der Waals surface area contributed by atoms with Gasteiger partial charge in [-0.2, -0.15) is 0 Å². The van der Waals surface area contributed by atoms with Crippen LogP contribution in [0.2, 0.25) is 0 Å². The van der Waals surface area contributed by atoms with E-state index in [0.717, 1.165) is 6.42 Å². The van der Waals surface area contributed by atoms with Gasteiger partial charge < -0.3 is 15.0 Å². The summed E-state index contributed by atoms with van der Waals surface area (Å²) in [5, 5.41) is 17.4. The van der Waals surface area contributed by atoms with Gasteiger partial charge in [0.15, 0.2) is 0 Å². The third-order valence-electron chi connectivity index (χ3n) is 0.918. The van der Waals surface area contributed by atoms with Crippen LogP contribution in [0, 0.1) is 0 Å². The van der Waals surface area contributed by atoms with Crippen molar-refractivity contribution in [2.75, 3.05) is 0 Å². The number of hydrogen-bond acceptors (Lipinski definition) is 3. The molecule has 0 radical (unpaired) electrons. The first-order valence-corrected chi connectivity index (χ1v) is 3.96. The molecule has 0 spiro atoms. The molecule has 0 aromatic carbocycles. The van der Waals surface area contributed by atoms with Crippen LogP contribution >= 0.6 is 0 Å². The molecule has 13 heavy (non-hydrogen) atoms. The molecule has 0 aliphatic carbocycles. The van der Waals surface area contributed by atoms with Crippen molar-refractivity contribution in [1.82, 2.24) is 0 Å². The van der Waals surface area contributed by atoms with Gasteiger partial charge in [-0.15, -0.1) is 0 Å². The molecular formula is C8H15LiO4. The molecule has 0 bridgehead atoms. The zero-order valence-corrected chi connectivity index (χ0v) is 8.50. The number of carboxylic acid groups (broad SMARTS) is 2. The first-order valence-electron chi connectivity index (χ1n) is 3.96. The van der Waals surface area contributed by atoms with Crippen molar-refractivity contribution in [2.24, 2.45) is 0 Å². The summed E-state index contributed by atoms with van der Waals surface area (Å²) in [5.41, 5.74) is 0. The van der Waals surface area contributed by atoms with E-state index in [1.807, 2.05) is 6.92 Å². The maximum absolute atomic E-state index is 9.60. The molecule has 72 valence electrons. The Bertz CT molecular complexity index is 120. The van der Waals surface area contributed by atoms with Gasteiger partial charge in [0, 0.05) is 12.4 Å². The normalized spacial score (nSPS) is 7.54. The fourth-order valence-electron chi connectivity index (χ4n) is 0.418. The topological polar surface area (TPSA) is 77.4 Å². The van der Waals surface area contributed by atoms with Gasteiger partial charge in [-0.3, -0.25) is 4.79 Å². The first kappa shape index (κ1) is 18.3. The van der Waals surface area contributed by atoms with Crippen molar-refractivity contribution in [3.63, 3.8) is 0 Å². The number of hydrogen-bond donors (Lipinski definition) is 1. The molecule has 0 saturated carbocycles. The van der Waals surface area contributed by atoms with Crippen molar-refractivity contribution in [3.05, 3.63) is 0 Å². The molecule has 0 amide bonds. The molecule has 1 N–H and O–H groups in total. The average molecular weight is 182 g/mol. The quantitative estimate of drug-likeness (QED) is 0.484. The molecule has 0 aromatic heterocycles. The fourth-order valence-corrected chi connectivity index (χ4v) is 0.418. The SMILES string of the molecule is CCCC(=O)O.CCCC(=O)[O-].[Li+]. The number of aliphatic carboxylic acids is 2. The number of carbonyl (C=O) groups excluding carboxylic acids is 1. The summed E-state index contributed by atoms with van der Waals surface area (Å²) in [6.07, 6.45) is 1.87. The minimum Gasteiger partial charge on any atom is -0.550 e. The van der Waals surface area contributed by atoms with Gasteiger partial charge in [0.2, 0.25) is 0 Å². The van der Waals surface area contributed by atoms with Gasteiger partial charge in [-0.05, 0) is 12.8 Å². The van der Waals surface area contributed by atoms with Crippen LogP contribution in [0.15, 0.2) is 0 Å². The third kappa shape index (κ3) is 34.2. The minimum atomic E-state index is -0.961. The minimum absolute atomic E-state index is 0. The van der Waals surface area contributed by atoms with E-state index < -0.39 is 11.9 Å². The average Bonchev–Trinajstić information content (AvgIpc) is 1.87. The van der Waals surface area contributed by atoms with Crippen LogP contribution in [0.5, 0.6) is 0 Å². The molecule has 0 rings (SSSR count). The molecule has 0 heterocycles. The van der Waals surface area contributed by atoms with Crippen LogP contribution in [0.4, 0.5) is 0 Å². The molecule has 0 atom stereocenters. The van der Waals surface area contributed by atoms with Crippen molar-refractivity contribution >= 4 is 11.9 Å². The Balaban J connectivity index is -0.000000143. The summed E-state index contributed by atoms with van der Waals surface area (Å²) in [4.78, 5) is 19.1. The largest absolute Gasteiger partial charge is 1.00 e. The van der Waals surface area contributed by atoms with E-state index in [1.165, 1.54) is 0 Å². The zero-order valence-electron chi connectivity index (χ0n) is 8.50. The monoisotopic (exact) mass is 182 g/mol. The molecule has 5 heteroatoms. The van der Waals surface area contributed by atoms with Crippen molar-refractivity contribution < 1.29 is 38.7 Å². The van der Waals surface area contributed by atoms with E-state index >= 15 is 0 Å². The van der Waals surface area contributed by atoms with Crippen molar-refractivity contribution in [2.45, 2.75) is 39.5 Å². The Kier molecular flexibility index (Phi) is 19.9. The van der Waals surface area contributed by atoms with Crippen LogP contribution in [-0.2, 0) is 9.59 Å². The predicted octanol–water partition coefficient (Wildman–Crippen LogP) is -2.59. The molecule has 0 fully saturated rings. The summed E-state index contributed by atoms with van der Waals surface area (Å²) in [6.45, 7) is 3.64. The Morgan fingerprint density at radius 1 is 1.15 bits per heavy atom. The molecule has 0 saturated heterocycles. The Morgan fingerprint density at radius 2 is 1.54 bits per heavy atom. The molecular weight excluding hydrogens is 167 g/mol. The fraction of sp³-hybridized carbons (Fsp3) is 0.750. The van der Waals surface area contributed by atoms with Crippen molar-refractivity contribution in [1.29, 1.82) is 0 Å². The van der Waals surface area contributed by atoms with E-state index in [1.54, 1.807) is 6.92 Å². The summed E-state index contributed by atoms with van der Waals surface area (Å²) in [7, 11) is 0. The van der Waals surface area contributed by atoms with E-state index in [-0.39, 0.29) is 25.3 Å². The maximum Gasteiger partial charge on any atom is 1.00 e. The van der Waals surface area contributed by atoms with Gasteiger partial charge in [-0.25, -0.2) is 0 Å². The van der Waals surface area contributed by atoms with Gasteiger partial charge in [0.25, 0.3) is 0 Å². The molecule has 4 nitrogen and oxygen atoms in total. The predicted molar refractivity (Wildman–Crippen MR) is 42.5 cm³/mol. The molecule has 0 aromatic rings. The smallest absolute Gasteiger partial charge is 0.550 e. The standard InChI is InChI=1S/2C4H8O2.Li/c2*1-2-3-4(5)6;/h2*2-3H2,1H3,(H,5,6);/q;;+1/p-1. The van der Waals surface area contributed by atoms with Crippen molar-refractivity contribution in [3.8, 4) is 0 Å². The van der Waals surface area contributed by atoms with Crippen LogP contribution in [0.25, 0.3) is 0 Å². The molecule has 0 aliphatic heterocycles. The third-order valence-corrected chi connectivity index (χ3v) is 0.918. The maximum atomic E-state index is 9.60. The van der Waals surface area contributed by atoms with E-state index in [0.29, 0.717) is 12.8 Å². The van der Waals surface area contributed by atoms with Crippen LogP contribution in [-0.4, -0.2) is 17.0 Å². The van der Waals surface area contributed by atoms with E-state index in [2.05, 4.69) is 0 Å².